The summed E-state index contributed by atoms with van der Waals surface area (Å²) in [5.41, 5.74) is 8.44. The lowest BCUT2D eigenvalue weighted by atomic mass is 9.90. The number of nitrogens with two attached hydrogens (primary N) is 1. The molecular weight excluding hydrogens is 232 g/mol. The van der Waals surface area contributed by atoms with Gasteiger partial charge in [-0.1, -0.05) is 42.7 Å². The lowest BCUT2D eigenvalue weighted by molar-refractivity contribution is 0.555. The second-order valence-corrected chi connectivity index (χ2v) is 5.68. The topological polar surface area (TPSA) is 38.0 Å². The summed E-state index contributed by atoms with van der Waals surface area (Å²) in [6, 6.07) is 6.84. The zero-order valence-electron chi connectivity index (χ0n) is 12.2. The molecule has 1 aromatic rings. The first-order chi connectivity index (χ1) is 9.22. The molecule has 0 radical (unpaired) electrons. The molecule has 0 spiro atoms. The van der Waals surface area contributed by atoms with Gasteiger partial charge in [-0.05, 0) is 56.2 Å². The van der Waals surface area contributed by atoms with Crippen LogP contribution >= 0.6 is 0 Å². The number of hydrogen-bond donors (Lipinski definition) is 2. The van der Waals surface area contributed by atoms with Crippen LogP contribution in [-0.2, 0) is 0 Å². The van der Waals surface area contributed by atoms with E-state index in [1.54, 1.807) is 0 Å². The monoisotopic (exact) mass is 258 g/mol. The van der Waals surface area contributed by atoms with Crippen molar-refractivity contribution in [2.24, 2.45) is 5.84 Å². The Morgan fingerprint density at radius 2 is 1.84 bits per heavy atom. The molecule has 19 heavy (non-hydrogen) atoms. The summed E-state index contributed by atoms with van der Waals surface area (Å²) in [5, 5.41) is 0. The largest absolute Gasteiger partial charge is 0.271 e. The molecule has 0 aromatic heterocycles. The van der Waals surface area contributed by atoms with E-state index in [2.05, 4.69) is 43.5 Å². The SMILES string of the molecule is Cc1ccc(C(NN)/C2=C/CCCCCC2)cc1C. The van der Waals surface area contributed by atoms with Gasteiger partial charge in [-0.15, -0.1) is 0 Å². The van der Waals surface area contributed by atoms with E-state index in [0.29, 0.717) is 0 Å². The molecule has 2 heteroatoms. The van der Waals surface area contributed by atoms with Gasteiger partial charge in [0.1, 0.15) is 0 Å². The first-order valence-electron chi connectivity index (χ1n) is 7.44. The highest BCUT2D eigenvalue weighted by Gasteiger charge is 2.16. The number of hydrazine groups is 1. The lowest BCUT2D eigenvalue weighted by Crippen LogP contribution is -2.29. The van der Waals surface area contributed by atoms with E-state index in [9.17, 15) is 0 Å². The Hall–Kier alpha value is -1.12. The summed E-state index contributed by atoms with van der Waals surface area (Å²) in [7, 11) is 0. The maximum Gasteiger partial charge on any atom is 0.0670 e. The van der Waals surface area contributed by atoms with Crippen LogP contribution in [0.3, 0.4) is 0 Å². The minimum Gasteiger partial charge on any atom is -0.271 e. The van der Waals surface area contributed by atoms with E-state index < -0.39 is 0 Å². The Morgan fingerprint density at radius 1 is 1.05 bits per heavy atom. The number of aryl methyl sites for hydroxylation is 2. The molecular formula is C17H26N2. The molecule has 2 nitrogen and oxygen atoms in total. The fraction of sp³-hybridized carbons (Fsp3) is 0.529. The third kappa shape index (κ3) is 3.68. The molecule has 0 amide bonds. The highest BCUT2D eigenvalue weighted by Crippen LogP contribution is 2.29. The Labute approximate surface area is 117 Å². The Morgan fingerprint density at radius 3 is 2.58 bits per heavy atom. The van der Waals surface area contributed by atoms with Crippen LogP contribution in [0.5, 0.6) is 0 Å². The van der Waals surface area contributed by atoms with Gasteiger partial charge in [0.05, 0.1) is 6.04 Å². The van der Waals surface area contributed by atoms with Gasteiger partial charge in [-0.3, -0.25) is 5.84 Å². The second kappa shape index (κ2) is 6.88. The molecule has 1 aliphatic carbocycles. The maximum atomic E-state index is 5.82. The van der Waals surface area contributed by atoms with Gasteiger partial charge >= 0.3 is 0 Å². The summed E-state index contributed by atoms with van der Waals surface area (Å²) in [6.45, 7) is 4.32. The first kappa shape index (κ1) is 14.3. The van der Waals surface area contributed by atoms with Gasteiger partial charge < -0.3 is 0 Å². The average molecular weight is 258 g/mol. The molecule has 0 saturated heterocycles. The van der Waals surface area contributed by atoms with Crippen molar-refractivity contribution in [2.45, 2.75) is 58.4 Å². The van der Waals surface area contributed by atoms with Crippen LogP contribution in [0, 0.1) is 13.8 Å². The summed E-state index contributed by atoms with van der Waals surface area (Å²) >= 11 is 0. The van der Waals surface area contributed by atoms with E-state index >= 15 is 0 Å². The number of nitrogens with one attached hydrogen (secondary N) is 1. The molecule has 1 atom stereocenters. The molecule has 0 fully saturated rings. The quantitative estimate of drug-likeness (QED) is 0.487. The number of benzene rings is 1. The molecule has 1 aliphatic rings. The van der Waals surface area contributed by atoms with Crippen LogP contribution in [0.25, 0.3) is 0 Å². The van der Waals surface area contributed by atoms with Gasteiger partial charge in [-0.25, -0.2) is 5.43 Å². The molecule has 0 heterocycles. The highest BCUT2D eigenvalue weighted by molar-refractivity contribution is 5.35. The second-order valence-electron chi connectivity index (χ2n) is 5.68. The van der Waals surface area contributed by atoms with Crippen LogP contribution in [0.15, 0.2) is 29.8 Å². The summed E-state index contributed by atoms with van der Waals surface area (Å²) in [5.74, 6) is 5.82. The molecule has 0 aliphatic heterocycles. The molecule has 104 valence electrons. The predicted octanol–water partition coefficient (Wildman–Crippen LogP) is 4.09. The van der Waals surface area contributed by atoms with Gasteiger partial charge in [0.25, 0.3) is 0 Å². The maximum absolute atomic E-state index is 5.82. The Kier molecular flexibility index (Phi) is 5.17. The van der Waals surface area contributed by atoms with Crippen LogP contribution < -0.4 is 11.3 Å². The van der Waals surface area contributed by atoms with Crippen molar-refractivity contribution < 1.29 is 0 Å². The smallest absolute Gasteiger partial charge is 0.0670 e. The Bertz CT molecular complexity index is 449. The van der Waals surface area contributed by atoms with Crippen molar-refractivity contribution in [3.8, 4) is 0 Å². The molecule has 2 rings (SSSR count). The molecule has 1 unspecified atom stereocenters. The fourth-order valence-electron chi connectivity index (χ4n) is 2.84. The van der Waals surface area contributed by atoms with E-state index in [-0.39, 0.29) is 6.04 Å². The van der Waals surface area contributed by atoms with E-state index in [4.69, 9.17) is 5.84 Å². The third-order valence-electron chi connectivity index (χ3n) is 4.23. The van der Waals surface area contributed by atoms with E-state index in [1.165, 1.54) is 60.8 Å². The molecule has 0 saturated carbocycles. The van der Waals surface area contributed by atoms with Crippen molar-refractivity contribution in [3.63, 3.8) is 0 Å². The highest BCUT2D eigenvalue weighted by atomic mass is 15.2. The van der Waals surface area contributed by atoms with Gasteiger partial charge in [0.15, 0.2) is 0 Å². The van der Waals surface area contributed by atoms with Crippen molar-refractivity contribution in [1.82, 2.24) is 5.43 Å². The summed E-state index contributed by atoms with van der Waals surface area (Å²) < 4.78 is 0. The van der Waals surface area contributed by atoms with E-state index in [0.717, 1.165) is 0 Å². The number of rotatable bonds is 3. The van der Waals surface area contributed by atoms with Crippen LogP contribution in [-0.4, -0.2) is 0 Å². The lowest BCUT2D eigenvalue weighted by Gasteiger charge is -2.22. The van der Waals surface area contributed by atoms with Crippen molar-refractivity contribution in [2.75, 3.05) is 0 Å². The minimum absolute atomic E-state index is 0.178. The van der Waals surface area contributed by atoms with Crippen molar-refractivity contribution in [1.29, 1.82) is 0 Å². The van der Waals surface area contributed by atoms with Crippen LogP contribution in [0.4, 0.5) is 0 Å². The Balaban J connectivity index is 2.24. The average Bonchev–Trinajstić information content (AvgIpc) is 2.36. The minimum atomic E-state index is 0.178. The zero-order valence-corrected chi connectivity index (χ0v) is 12.2. The van der Waals surface area contributed by atoms with Crippen LogP contribution in [0.2, 0.25) is 0 Å². The number of allylic oxidation sites excluding steroid dienone is 1. The predicted molar refractivity (Wildman–Crippen MR) is 81.8 cm³/mol. The number of hydrogen-bond acceptors (Lipinski definition) is 2. The normalized spacial score (nSPS) is 21.1. The van der Waals surface area contributed by atoms with Gasteiger partial charge in [-0.2, -0.15) is 0 Å². The van der Waals surface area contributed by atoms with Gasteiger partial charge in [0, 0.05) is 0 Å². The summed E-state index contributed by atoms with van der Waals surface area (Å²) in [4.78, 5) is 0. The van der Waals surface area contributed by atoms with Crippen molar-refractivity contribution in [3.05, 3.63) is 46.5 Å². The van der Waals surface area contributed by atoms with Crippen LogP contribution in [0.1, 0.15) is 61.3 Å². The zero-order chi connectivity index (χ0) is 13.7. The molecule has 1 aromatic carbocycles. The standard InChI is InChI=1S/C17H26N2/c1-13-10-11-16(12-14(13)2)17(19-18)15-8-6-4-3-5-7-9-15/h8,10-12,17,19H,3-7,9,18H2,1-2H3/b15-8+. The summed E-state index contributed by atoms with van der Waals surface area (Å²) in [6.07, 6.45) is 10.1. The molecule has 3 N–H and O–H groups in total. The first-order valence-corrected chi connectivity index (χ1v) is 7.44. The fourth-order valence-corrected chi connectivity index (χ4v) is 2.84. The van der Waals surface area contributed by atoms with Crippen molar-refractivity contribution >= 4 is 0 Å². The third-order valence-corrected chi connectivity index (χ3v) is 4.23. The van der Waals surface area contributed by atoms with E-state index in [1.807, 2.05) is 0 Å². The molecule has 0 bridgehead atoms. The van der Waals surface area contributed by atoms with Gasteiger partial charge in [0.2, 0.25) is 0 Å².